The lowest BCUT2D eigenvalue weighted by atomic mass is 9.91. The third kappa shape index (κ3) is 3.12. The highest BCUT2D eigenvalue weighted by Crippen LogP contribution is 2.41. The molecule has 0 aliphatic carbocycles. The number of esters is 1. The Hall–Kier alpha value is -3.59. The average Bonchev–Trinajstić information content (AvgIpc) is 2.74. The SMILES string of the molecule is CCOC(=O)/C(=C\c1ccccc1)c1c(O)c2ccccc2c2ccccc12. The van der Waals surface area contributed by atoms with Crippen LogP contribution in [0.25, 0.3) is 33.2 Å². The Morgan fingerprint density at radius 2 is 1.36 bits per heavy atom. The second-order valence-electron chi connectivity index (χ2n) is 6.50. The summed E-state index contributed by atoms with van der Waals surface area (Å²) in [6.07, 6.45) is 1.77. The van der Waals surface area contributed by atoms with E-state index in [0.717, 1.165) is 21.7 Å². The van der Waals surface area contributed by atoms with Crippen LogP contribution >= 0.6 is 0 Å². The quantitative estimate of drug-likeness (QED) is 0.214. The van der Waals surface area contributed by atoms with Crippen LogP contribution in [0.2, 0.25) is 0 Å². The van der Waals surface area contributed by atoms with E-state index in [0.29, 0.717) is 16.5 Å². The fourth-order valence-electron chi connectivity index (χ4n) is 3.55. The summed E-state index contributed by atoms with van der Waals surface area (Å²) in [6.45, 7) is 2.04. The van der Waals surface area contributed by atoms with E-state index in [1.807, 2.05) is 78.9 Å². The first-order chi connectivity index (χ1) is 13.7. The van der Waals surface area contributed by atoms with Gasteiger partial charge in [0.15, 0.2) is 0 Å². The predicted octanol–water partition coefficient (Wildman–Crippen LogP) is 5.80. The number of hydrogen-bond acceptors (Lipinski definition) is 3. The fourth-order valence-corrected chi connectivity index (χ4v) is 3.55. The molecule has 0 heterocycles. The second kappa shape index (κ2) is 7.57. The van der Waals surface area contributed by atoms with Crippen LogP contribution in [-0.4, -0.2) is 17.7 Å². The first-order valence-corrected chi connectivity index (χ1v) is 9.27. The molecule has 0 bridgehead atoms. The number of fused-ring (bicyclic) bond motifs is 3. The van der Waals surface area contributed by atoms with Crippen molar-refractivity contribution in [2.75, 3.05) is 6.61 Å². The van der Waals surface area contributed by atoms with Crippen LogP contribution < -0.4 is 0 Å². The van der Waals surface area contributed by atoms with Crippen LogP contribution in [-0.2, 0) is 9.53 Å². The molecule has 4 aromatic carbocycles. The molecule has 0 saturated heterocycles. The third-order valence-corrected chi connectivity index (χ3v) is 4.78. The highest BCUT2D eigenvalue weighted by atomic mass is 16.5. The average molecular weight is 368 g/mol. The first-order valence-electron chi connectivity index (χ1n) is 9.27. The Bertz CT molecular complexity index is 1190. The van der Waals surface area contributed by atoms with Gasteiger partial charge in [-0.3, -0.25) is 0 Å². The lowest BCUT2D eigenvalue weighted by molar-refractivity contribution is -0.136. The zero-order valence-electron chi connectivity index (χ0n) is 15.6. The summed E-state index contributed by atoms with van der Waals surface area (Å²) < 4.78 is 5.33. The summed E-state index contributed by atoms with van der Waals surface area (Å²) in [6, 6.07) is 25.0. The molecule has 0 aliphatic rings. The maximum atomic E-state index is 12.9. The second-order valence-corrected chi connectivity index (χ2v) is 6.50. The number of ether oxygens (including phenoxy) is 1. The van der Waals surface area contributed by atoms with Crippen LogP contribution in [0.4, 0.5) is 0 Å². The van der Waals surface area contributed by atoms with Crippen molar-refractivity contribution in [3.05, 3.63) is 90.0 Å². The molecule has 4 aromatic rings. The zero-order valence-corrected chi connectivity index (χ0v) is 15.6. The molecule has 0 saturated carbocycles. The maximum Gasteiger partial charge on any atom is 0.338 e. The van der Waals surface area contributed by atoms with E-state index < -0.39 is 5.97 Å². The largest absolute Gasteiger partial charge is 0.507 e. The fraction of sp³-hybridized carbons (Fsp3) is 0.0800. The van der Waals surface area contributed by atoms with E-state index in [2.05, 4.69) is 0 Å². The first kappa shape index (κ1) is 17.8. The predicted molar refractivity (Wildman–Crippen MR) is 114 cm³/mol. The number of carbonyl (C=O) groups excluding carboxylic acids is 1. The monoisotopic (exact) mass is 368 g/mol. The molecule has 0 aromatic heterocycles. The van der Waals surface area contributed by atoms with Crippen molar-refractivity contribution in [1.82, 2.24) is 0 Å². The Balaban J connectivity index is 2.09. The smallest absolute Gasteiger partial charge is 0.338 e. The Kier molecular flexibility index (Phi) is 4.81. The number of hydrogen-bond donors (Lipinski definition) is 1. The van der Waals surface area contributed by atoms with Crippen LogP contribution in [0.5, 0.6) is 5.75 Å². The van der Waals surface area contributed by atoms with Crippen molar-refractivity contribution >= 4 is 39.2 Å². The molecule has 0 radical (unpaired) electrons. The highest BCUT2D eigenvalue weighted by molar-refractivity contribution is 6.28. The number of rotatable bonds is 4. The van der Waals surface area contributed by atoms with Gasteiger partial charge in [0, 0.05) is 10.9 Å². The number of benzene rings is 4. The lowest BCUT2D eigenvalue weighted by Crippen LogP contribution is -2.08. The summed E-state index contributed by atoms with van der Waals surface area (Å²) in [7, 11) is 0. The molecular formula is C25H20O3. The van der Waals surface area contributed by atoms with E-state index in [-0.39, 0.29) is 12.4 Å². The van der Waals surface area contributed by atoms with Crippen molar-refractivity contribution in [3.8, 4) is 5.75 Å². The van der Waals surface area contributed by atoms with Crippen LogP contribution in [0.3, 0.4) is 0 Å². The molecule has 0 amide bonds. The third-order valence-electron chi connectivity index (χ3n) is 4.78. The Morgan fingerprint density at radius 3 is 2.00 bits per heavy atom. The van der Waals surface area contributed by atoms with Gasteiger partial charge in [-0.05, 0) is 34.7 Å². The van der Waals surface area contributed by atoms with Crippen molar-refractivity contribution in [2.24, 2.45) is 0 Å². The topological polar surface area (TPSA) is 46.5 Å². The van der Waals surface area contributed by atoms with Crippen LogP contribution in [0.1, 0.15) is 18.1 Å². The molecule has 138 valence electrons. The molecular weight excluding hydrogens is 348 g/mol. The van der Waals surface area contributed by atoms with Crippen molar-refractivity contribution < 1.29 is 14.6 Å². The summed E-state index contributed by atoms with van der Waals surface area (Å²) >= 11 is 0. The van der Waals surface area contributed by atoms with Gasteiger partial charge >= 0.3 is 5.97 Å². The molecule has 28 heavy (non-hydrogen) atoms. The van der Waals surface area contributed by atoms with Crippen molar-refractivity contribution in [2.45, 2.75) is 6.92 Å². The van der Waals surface area contributed by atoms with Gasteiger partial charge in [0.05, 0.1) is 12.2 Å². The molecule has 0 unspecified atom stereocenters. The van der Waals surface area contributed by atoms with Gasteiger partial charge in [0.25, 0.3) is 0 Å². The van der Waals surface area contributed by atoms with Crippen LogP contribution in [0.15, 0.2) is 78.9 Å². The molecule has 4 rings (SSSR count). The van der Waals surface area contributed by atoms with Crippen molar-refractivity contribution in [3.63, 3.8) is 0 Å². The standard InChI is InChI=1S/C25H20O3/c1-2-28-25(27)22(16-17-10-4-3-5-11-17)23-20-14-8-6-12-18(20)19-13-7-9-15-21(19)24(23)26/h3-16,26H,2H2,1H3/b22-16-. The molecule has 0 aliphatic heterocycles. The minimum atomic E-state index is -0.456. The highest BCUT2D eigenvalue weighted by Gasteiger charge is 2.22. The van der Waals surface area contributed by atoms with Gasteiger partial charge in [-0.25, -0.2) is 4.79 Å². The van der Waals surface area contributed by atoms with Gasteiger partial charge in [-0.2, -0.15) is 0 Å². The summed E-state index contributed by atoms with van der Waals surface area (Å²) in [5, 5.41) is 14.6. The van der Waals surface area contributed by atoms with Gasteiger partial charge in [0.1, 0.15) is 5.75 Å². The molecule has 0 spiro atoms. The zero-order chi connectivity index (χ0) is 19.5. The van der Waals surface area contributed by atoms with E-state index in [4.69, 9.17) is 4.74 Å². The number of phenolic OH excluding ortho intramolecular Hbond substituents is 1. The number of carbonyl (C=O) groups is 1. The number of phenols is 1. The minimum Gasteiger partial charge on any atom is -0.507 e. The lowest BCUT2D eigenvalue weighted by Gasteiger charge is -2.16. The van der Waals surface area contributed by atoms with Gasteiger partial charge in [0.2, 0.25) is 0 Å². The van der Waals surface area contributed by atoms with Gasteiger partial charge < -0.3 is 9.84 Å². The van der Waals surface area contributed by atoms with E-state index in [1.54, 1.807) is 13.0 Å². The van der Waals surface area contributed by atoms with E-state index in [9.17, 15) is 9.90 Å². The Labute approximate surface area is 163 Å². The van der Waals surface area contributed by atoms with E-state index in [1.165, 1.54) is 0 Å². The van der Waals surface area contributed by atoms with Gasteiger partial charge in [-0.1, -0.05) is 78.9 Å². The molecule has 0 fully saturated rings. The normalized spacial score (nSPS) is 11.7. The maximum absolute atomic E-state index is 12.9. The van der Waals surface area contributed by atoms with Crippen molar-refractivity contribution in [1.29, 1.82) is 0 Å². The summed E-state index contributed by atoms with van der Waals surface area (Å²) in [5.74, 6) is -0.369. The minimum absolute atomic E-state index is 0.0875. The molecule has 1 N–H and O–H groups in total. The Morgan fingerprint density at radius 1 is 0.821 bits per heavy atom. The molecule has 0 atom stereocenters. The molecule has 3 heteroatoms. The van der Waals surface area contributed by atoms with Crippen LogP contribution in [0, 0.1) is 0 Å². The van der Waals surface area contributed by atoms with Gasteiger partial charge in [-0.15, -0.1) is 0 Å². The summed E-state index contributed by atoms with van der Waals surface area (Å²) in [5.41, 5.74) is 1.70. The van der Waals surface area contributed by atoms with E-state index >= 15 is 0 Å². The number of aromatic hydroxyl groups is 1. The summed E-state index contributed by atoms with van der Waals surface area (Å²) in [4.78, 5) is 12.9. The molecule has 3 nitrogen and oxygen atoms in total.